The van der Waals surface area contributed by atoms with E-state index in [0.717, 1.165) is 34.8 Å². The Bertz CT molecular complexity index is 950. The number of alkyl halides is 1. The molecule has 1 aromatic carbocycles. The Morgan fingerprint density at radius 2 is 2.03 bits per heavy atom. The SMILES string of the molecule is CCSc1ccc(CC(=O)Nc2ccc(C3(SC4=CC(F)CC=C4)CC3)nc2)cc1. The summed E-state index contributed by atoms with van der Waals surface area (Å²) in [6.45, 7) is 2.12. The van der Waals surface area contributed by atoms with Crippen LogP contribution in [-0.4, -0.2) is 22.8 Å². The molecule has 2 aliphatic carbocycles. The fourth-order valence-corrected chi connectivity index (χ4v) is 5.46. The molecule has 2 aliphatic rings. The highest BCUT2D eigenvalue weighted by atomic mass is 32.2. The van der Waals surface area contributed by atoms with Crippen LogP contribution in [0.25, 0.3) is 0 Å². The van der Waals surface area contributed by atoms with E-state index in [9.17, 15) is 9.18 Å². The number of carbonyl (C=O) groups is 1. The predicted molar refractivity (Wildman–Crippen MR) is 125 cm³/mol. The Labute approximate surface area is 185 Å². The lowest BCUT2D eigenvalue weighted by Gasteiger charge is -2.17. The number of nitrogens with one attached hydrogen (secondary N) is 1. The molecule has 156 valence electrons. The van der Waals surface area contributed by atoms with E-state index in [4.69, 9.17) is 0 Å². The molecule has 1 aromatic heterocycles. The number of anilines is 1. The number of halogens is 1. The highest BCUT2D eigenvalue weighted by Gasteiger charge is 2.47. The van der Waals surface area contributed by atoms with Gasteiger partial charge in [0.05, 0.1) is 28.7 Å². The molecular formula is C24H25FN2OS2. The monoisotopic (exact) mass is 440 g/mol. The molecule has 1 N–H and O–H groups in total. The molecule has 1 amide bonds. The third-order valence-electron chi connectivity index (χ3n) is 5.12. The lowest BCUT2D eigenvalue weighted by Crippen LogP contribution is -2.15. The van der Waals surface area contributed by atoms with Gasteiger partial charge in [-0.3, -0.25) is 9.78 Å². The van der Waals surface area contributed by atoms with Gasteiger partial charge < -0.3 is 5.32 Å². The summed E-state index contributed by atoms with van der Waals surface area (Å²) in [4.78, 5) is 19.2. The normalized spacial score (nSPS) is 19.3. The predicted octanol–water partition coefficient (Wildman–Crippen LogP) is 6.28. The van der Waals surface area contributed by atoms with Gasteiger partial charge in [0.25, 0.3) is 0 Å². The van der Waals surface area contributed by atoms with Crippen LogP contribution in [-0.2, 0) is 16.0 Å². The largest absolute Gasteiger partial charge is 0.324 e. The summed E-state index contributed by atoms with van der Waals surface area (Å²) in [5, 5.41) is 2.93. The minimum atomic E-state index is -0.888. The lowest BCUT2D eigenvalue weighted by molar-refractivity contribution is -0.115. The molecule has 4 rings (SSSR count). The van der Waals surface area contributed by atoms with Crippen LogP contribution in [0.5, 0.6) is 0 Å². The first-order valence-electron chi connectivity index (χ1n) is 10.3. The summed E-state index contributed by atoms with van der Waals surface area (Å²) in [6, 6.07) is 12.0. The zero-order valence-corrected chi connectivity index (χ0v) is 18.6. The number of nitrogens with zero attached hydrogens (tertiary/aromatic N) is 1. The lowest BCUT2D eigenvalue weighted by atomic mass is 10.1. The second-order valence-electron chi connectivity index (χ2n) is 7.55. The van der Waals surface area contributed by atoms with Crippen molar-refractivity contribution in [2.24, 2.45) is 0 Å². The van der Waals surface area contributed by atoms with Crippen molar-refractivity contribution < 1.29 is 9.18 Å². The van der Waals surface area contributed by atoms with Gasteiger partial charge in [-0.2, -0.15) is 0 Å². The number of hydrogen-bond acceptors (Lipinski definition) is 4. The van der Waals surface area contributed by atoms with Crippen LogP contribution in [0, 0.1) is 0 Å². The van der Waals surface area contributed by atoms with Crippen LogP contribution in [0.15, 0.2) is 70.6 Å². The number of hydrogen-bond donors (Lipinski definition) is 1. The summed E-state index contributed by atoms with van der Waals surface area (Å²) in [7, 11) is 0. The second-order valence-corrected chi connectivity index (χ2v) is 10.3. The fourth-order valence-electron chi connectivity index (χ4n) is 3.43. The van der Waals surface area contributed by atoms with Gasteiger partial charge in [-0.1, -0.05) is 31.2 Å². The molecule has 0 bridgehead atoms. The number of carbonyl (C=O) groups excluding carboxylic acids is 1. The van der Waals surface area contributed by atoms with Gasteiger partial charge in [-0.05, 0) is 54.5 Å². The third-order valence-corrected chi connectivity index (χ3v) is 7.53. The van der Waals surface area contributed by atoms with Gasteiger partial charge in [0.15, 0.2) is 0 Å². The zero-order chi connectivity index (χ0) is 21.0. The van der Waals surface area contributed by atoms with Gasteiger partial charge in [-0.25, -0.2) is 4.39 Å². The minimum Gasteiger partial charge on any atom is -0.324 e. The molecule has 0 saturated heterocycles. The quantitative estimate of drug-likeness (QED) is 0.491. The van der Waals surface area contributed by atoms with Gasteiger partial charge in [0, 0.05) is 16.2 Å². The Kier molecular flexibility index (Phi) is 6.64. The van der Waals surface area contributed by atoms with E-state index >= 15 is 0 Å². The number of thioether (sulfide) groups is 2. The van der Waals surface area contributed by atoms with E-state index in [-0.39, 0.29) is 10.7 Å². The Balaban J connectivity index is 1.34. The minimum absolute atomic E-state index is 0.0533. The van der Waals surface area contributed by atoms with Crippen molar-refractivity contribution in [3.63, 3.8) is 0 Å². The maximum Gasteiger partial charge on any atom is 0.228 e. The number of aromatic nitrogens is 1. The van der Waals surface area contributed by atoms with Crippen molar-refractivity contribution in [1.29, 1.82) is 0 Å². The van der Waals surface area contributed by atoms with E-state index in [1.807, 2.05) is 36.4 Å². The maximum absolute atomic E-state index is 13.6. The highest BCUT2D eigenvalue weighted by molar-refractivity contribution is 8.04. The maximum atomic E-state index is 13.6. The molecule has 6 heteroatoms. The number of allylic oxidation sites excluding steroid dienone is 3. The van der Waals surface area contributed by atoms with Crippen LogP contribution in [0.1, 0.15) is 37.4 Å². The molecule has 3 nitrogen and oxygen atoms in total. The molecule has 30 heavy (non-hydrogen) atoms. The van der Waals surface area contributed by atoms with Crippen molar-refractivity contribution in [1.82, 2.24) is 4.98 Å². The van der Waals surface area contributed by atoms with E-state index < -0.39 is 6.17 Å². The molecular weight excluding hydrogens is 415 g/mol. The molecule has 1 atom stereocenters. The molecule has 2 aromatic rings. The van der Waals surface area contributed by atoms with Crippen molar-refractivity contribution in [3.8, 4) is 0 Å². The van der Waals surface area contributed by atoms with E-state index in [1.165, 1.54) is 4.90 Å². The molecule has 0 radical (unpaired) electrons. The van der Waals surface area contributed by atoms with Crippen LogP contribution in [0.2, 0.25) is 0 Å². The van der Waals surface area contributed by atoms with Gasteiger partial charge in [-0.15, -0.1) is 23.5 Å². The van der Waals surface area contributed by atoms with E-state index in [1.54, 1.807) is 35.8 Å². The summed E-state index contributed by atoms with van der Waals surface area (Å²) in [5.74, 6) is 0.982. The number of amides is 1. The molecule has 1 fully saturated rings. The number of rotatable bonds is 8. The Morgan fingerprint density at radius 3 is 2.67 bits per heavy atom. The molecule has 0 aliphatic heterocycles. The molecule has 1 unspecified atom stereocenters. The number of benzene rings is 1. The van der Waals surface area contributed by atoms with Crippen molar-refractivity contribution in [2.75, 3.05) is 11.1 Å². The second kappa shape index (κ2) is 9.40. The third kappa shape index (κ3) is 5.35. The van der Waals surface area contributed by atoms with Crippen molar-refractivity contribution in [3.05, 3.63) is 77.0 Å². The summed E-state index contributed by atoms with van der Waals surface area (Å²) < 4.78 is 13.6. The Morgan fingerprint density at radius 1 is 1.23 bits per heavy atom. The first kappa shape index (κ1) is 21.2. The van der Waals surface area contributed by atoms with E-state index in [0.29, 0.717) is 18.5 Å². The standard InChI is InChI=1S/C24H25FN2OS2/c1-2-29-20-9-6-17(7-10-20)14-23(28)27-19-8-11-22(26-16-19)24(12-13-24)30-21-5-3-4-18(25)15-21/h3,5-11,15-16,18H,2,4,12-14H2,1H3,(H,27,28). The van der Waals surface area contributed by atoms with Crippen LogP contribution >= 0.6 is 23.5 Å². The highest BCUT2D eigenvalue weighted by Crippen LogP contribution is 2.59. The first-order chi connectivity index (χ1) is 14.6. The zero-order valence-electron chi connectivity index (χ0n) is 16.9. The first-order valence-corrected chi connectivity index (χ1v) is 12.1. The number of pyridine rings is 1. The van der Waals surface area contributed by atoms with E-state index in [2.05, 4.69) is 29.4 Å². The molecule has 0 spiro atoms. The average molecular weight is 441 g/mol. The summed E-state index contributed by atoms with van der Waals surface area (Å²) >= 11 is 3.49. The fraction of sp³-hybridized carbons (Fsp3) is 0.333. The van der Waals surface area contributed by atoms with Gasteiger partial charge in [0.1, 0.15) is 6.17 Å². The summed E-state index contributed by atoms with van der Waals surface area (Å²) in [5.41, 5.74) is 2.68. The van der Waals surface area contributed by atoms with Gasteiger partial charge >= 0.3 is 0 Å². The van der Waals surface area contributed by atoms with Gasteiger partial charge in [0.2, 0.25) is 5.91 Å². The van der Waals surface area contributed by atoms with Crippen LogP contribution in [0.4, 0.5) is 10.1 Å². The topological polar surface area (TPSA) is 42.0 Å². The van der Waals surface area contributed by atoms with Crippen LogP contribution in [0.3, 0.4) is 0 Å². The summed E-state index contributed by atoms with van der Waals surface area (Å²) in [6.07, 6.45) is 9.30. The Hall–Kier alpha value is -2.05. The smallest absolute Gasteiger partial charge is 0.228 e. The average Bonchev–Trinajstić information content (AvgIpc) is 3.51. The van der Waals surface area contributed by atoms with Crippen molar-refractivity contribution in [2.45, 2.75) is 48.4 Å². The molecule has 1 saturated carbocycles. The van der Waals surface area contributed by atoms with Crippen LogP contribution < -0.4 is 5.32 Å². The molecule has 1 heterocycles. The van der Waals surface area contributed by atoms with Crippen molar-refractivity contribution >= 4 is 35.1 Å².